The first kappa shape index (κ1) is 19.2. The van der Waals surface area contributed by atoms with Crippen LogP contribution in [-0.4, -0.2) is 34.6 Å². The summed E-state index contributed by atoms with van der Waals surface area (Å²) >= 11 is 3.38. The lowest BCUT2D eigenvalue weighted by Crippen LogP contribution is -2.25. The number of carbonyl (C=O) groups is 1. The fourth-order valence-corrected chi connectivity index (χ4v) is 4.42. The third-order valence-corrected chi connectivity index (χ3v) is 5.64. The summed E-state index contributed by atoms with van der Waals surface area (Å²) in [6, 6.07) is 7.76. The molecule has 24 heavy (non-hydrogen) atoms. The minimum atomic E-state index is -0.0921. The van der Waals surface area contributed by atoms with Crippen LogP contribution in [0.5, 0.6) is 0 Å². The van der Waals surface area contributed by atoms with Crippen molar-refractivity contribution in [2.24, 2.45) is 0 Å². The zero-order valence-electron chi connectivity index (χ0n) is 14.0. The van der Waals surface area contributed by atoms with Crippen LogP contribution in [0.15, 0.2) is 29.2 Å². The van der Waals surface area contributed by atoms with Crippen LogP contribution in [0.1, 0.15) is 34.8 Å². The highest BCUT2D eigenvalue weighted by Gasteiger charge is 2.19. The average molecular weight is 384 g/mol. The van der Waals surface area contributed by atoms with Crippen LogP contribution in [0.25, 0.3) is 0 Å². The van der Waals surface area contributed by atoms with E-state index in [2.05, 4.69) is 36.1 Å². The zero-order valence-corrected chi connectivity index (χ0v) is 16.5. The van der Waals surface area contributed by atoms with Crippen LogP contribution in [-0.2, 0) is 13.0 Å². The molecule has 2 heterocycles. The Labute approximate surface area is 157 Å². The van der Waals surface area contributed by atoms with E-state index in [0.717, 1.165) is 25.2 Å². The lowest BCUT2D eigenvalue weighted by molar-refractivity contribution is 0.102. The number of aromatic nitrogens is 1. The van der Waals surface area contributed by atoms with Crippen molar-refractivity contribution in [2.45, 2.75) is 37.0 Å². The molecule has 1 amide bonds. The first-order chi connectivity index (χ1) is 11.0. The molecule has 1 N–H and O–H groups in total. The zero-order chi connectivity index (χ0) is 16.4. The van der Waals surface area contributed by atoms with E-state index in [1.807, 2.05) is 24.3 Å². The number of anilines is 1. The molecule has 4 nitrogen and oxygen atoms in total. The number of hydrogen-bond donors (Lipinski definition) is 1. The summed E-state index contributed by atoms with van der Waals surface area (Å²) in [6.07, 6.45) is 0.958. The molecule has 130 valence electrons. The molecule has 0 aliphatic carbocycles. The van der Waals surface area contributed by atoms with Gasteiger partial charge >= 0.3 is 0 Å². The average Bonchev–Trinajstić information content (AvgIpc) is 2.88. The molecule has 0 unspecified atom stereocenters. The maximum absolute atomic E-state index is 12.4. The predicted octanol–water partition coefficient (Wildman–Crippen LogP) is 4.31. The summed E-state index contributed by atoms with van der Waals surface area (Å²) in [5.41, 5.74) is 1.80. The second-order valence-electron chi connectivity index (χ2n) is 6.02. The van der Waals surface area contributed by atoms with Crippen molar-refractivity contribution < 1.29 is 4.79 Å². The number of rotatable bonds is 4. The predicted molar refractivity (Wildman–Crippen MR) is 105 cm³/mol. The van der Waals surface area contributed by atoms with Crippen LogP contribution in [0.3, 0.4) is 0 Å². The number of carbonyl (C=O) groups excluding carboxylic acids is 1. The van der Waals surface area contributed by atoms with Crippen molar-refractivity contribution in [1.29, 1.82) is 0 Å². The number of likely N-dealkylation sites (N-methyl/N-ethyl adjacent to an activating group) is 1. The van der Waals surface area contributed by atoms with Crippen molar-refractivity contribution in [3.8, 4) is 0 Å². The Hall–Kier alpha value is -1.08. The molecule has 2 aromatic rings. The van der Waals surface area contributed by atoms with Crippen LogP contribution >= 0.6 is 35.5 Å². The fraction of sp³-hybridized carbons (Fsp3) is 0.412. The third kappa shape index (κ3) is 4.72. The SMILES string of the molecule is CC(C)Sc1ccc(C(=O)Nc2nc3c(s2)CN(C)CC3)cc1.Cl. The number of nitrogens with one attached hydrogen (secondary N) is 1. The summed E-state index contributed by atoms with van der Waals surface area (Å²) in [4.78, 5) is 21.6. The van der Waals surface area contributed by atoms with Crippen molar-refractivity contribution in [3.05, 3.63) is 40.4 Å². The number of benzene rings is 1. The number of hydrogen-bond acceptors (Lipinski definition) is 5. The van der Waals surface area contributed by atoms with Gasteiger partial charge in [-0.25, -0.2) is 4.98 Å². The van der Waals surface area contributed by atoms with Crippen molar-refractivity contribution in [1.82, 2.24) is 9.88 Å². The molecule has 0 atom stereocenters. The van der Waals surface area contributed by atoms with Gasteiger partial charge < -0.3 is 4.90 Å². The molecular weight excluding hydrogens is 362 g/mol. The molecule has 0 spiro atoms. The first-order valence-corrected chi connectivity index (χ1v) is 9.46. The topological polar surface area (TPSA) is 45.2 Å². The first-order valence-electron chi connectivity index (χ1n) is 7.76. The van der Waals surface area contributed by atoms with Gasteiger partial charge in [-0.15, -0.1) is 35.5 Å². The molecule has 0 saturated heterocycles. The quantitative estimate of drug-likeness (QED) is 0.799. The van der Waals surface area contributed by atoms with Crippen LogP contribution in [0.4, 0.5) is 5.13 Å². The Kier molecular flexibility index (Phi) is 6.69. The van der Waals surface area contributed by atoms with E-state index < -0.39 is 0 Å². The molecule has 0 radical (unpaired) electrons. The molecule has 0 saturated carbocycles. The van der Waals surface area contributed by atoms with E-state index >= 15 is 0 Å². The van der Waals surface area contributed by atoms with E-state index in [1.54, 1.807) is 23.1 Å². The minimum absolute atomic E-state index is 0. The van der Waals surface area contributed by atoms with E-state index in [0.29, 0.717) is 15.9 Å². The van der Waals surface area contributed by atoms with Gasteiger partial charge in [0.2, 0.25) is 0 Å². The Morgan fingerprint density at radius 2 is 2.04 bits per heavy atom. The largest absolute Gasteiger partial charge is 0.301 e. The molecule has 0 fully saturated rings. The highest BCUT2D eigenvalue weighted by molar-refractivity contribution is 7.99. The lowest BCUT2D eigenvalue weighted by Gasteiger charge is -2.20. The second-order valence-corrected chi connectivity index (χ2v) is 8.76. The van der Waals surface area contributed by atoms with Crippen LogP contribution in [0.2, 0.25) is 0 Å². The highest BCUT2D eigenvalue weighted by Crippen LogP contribution is 2.28. The molecule has 3 rings (SSSR count). The fourth-order valence-electron chi connectivity index (χ4n) is 2.50. The van der Waals surface area contributed by atoms with Gasteiger partial charge in [0.05, 0.1) is 5.69 Å². The molecule has 7 heteroatoms. The number of amides is 1. The van der Waals surface area contributed by atoms with Gasteiger partial charge in [-0.2, -0.15) is 0 Å². The standard InChI is InChI=1S/C17H21N3OS2.ClH/c1-11(2)22-13-6-4-12(5-7-13)16(21)19-17-18-14-8-9-20(3)10-15(14)23-17;/h4-7,11H,8-10H2,1-3H3,(H,18,19,21);1H. The van der Waals surface area contributed by atoms with Gasteiger partial charge in [-0.3, -0.25) is 10.1 Å². The molecule has 1 aromatic carbocycles. The number of nitrogens with zero attached hydrogens (tertiary/aromatic N) is 2. The van der Waals surface area contributed by atoms with Crippen LogP contribution in [0, 0.1) is 0 Å². The smallest absolute Gasteiger partial charge is 0.257 e. The van der Waals surface area contributed by atoms with E-state index in [9.17, 15) is 4.79 Å². The monoisotopic (exact) mass is 383 g/mol. The summed E-state index contributed by atoms with van der Waals surface area (Å²) in [5.74, 6) is -0.0921. The molecule has 0 bridgehead atoms. The maximum atomic E-state index is 12.4. The van der Waals surface area contributed by atoms with E-state index in [4.69, 9.17) is 0 Å². The van der Waals surface area contributed by atoms with Gasteiger partial charge in [-0.1, -0.05) is 13.8 Å². The molecular formula is C17H22ClN3OS2. The lowest BCUT2D eigenvalue weighted by atomic mass is 10.2. The Morgan fingerprint density at radius 1 is 1.33 bits per heavy atom. The molecule has 1 aliphatic heterocycles. The summed E-state index contributed by atoms with van der Waals surface area (Å²) < 4.78 is 0. The van der Waals surface area contributed by atoms with E-state index in [1.165, 1.54) is 9.77 Å². The van der Waals surface area contributed by atoms with Gasteiger partial charge in [0.1, 0.15) is 0 Å². The highest BCUT2D eigenvalue weighted by atomic mass is 35.5. The van der Waals surface area contributed by atoms with Crippen molar-refractivity contribution >= 4 is 46.5 Å². The summed E-state index contributed by atoms with van der Waals surface area (Å²) in [5, 5.41) is 4.17. The molecule has 1 aromatic heterocycles. The van der Waals surface area contributed by atoms with Crippen molar-refractivity contribution in [2.75, 3.05) is 18.9 Å². The van der Waals surface area contributed by atoms with Gasteiger partial charge in [-0.05, 0) is 31.3 Å². The van der Waals surface area contributed by atoms with Crippen LogP contribution < -0.4 is 5.32 Å². The number of thioether (sulfide) groups is 1. The molecule has 1 aliphatic rings. The minimum Gasteiger partial charge on any atom is -0.301 e. The third-order valence-electron chi connectivity index (χ3n) is 3.63. The van der Waals surface area contributed by atoms with Gasteiger partial charge in [0.15, 0.2) is 5.13 Å². The van der Waals surface area contributed by atoms with E-state index in [-0.39, 0.29) is 18.3 Å². The normalized spacial score (nSPS) is 14.2. The summed E-state index contributed by atoms with van der Waals surface area (Å²) in [7, 11) is 2.11. The Balaban J connectivity index is 0.00000208. The second kappa shape index (κ2) is 8.34. The number of thiazole rings is 1. The van der Waals surface area contributed by atoms with Crippen molar-refractivity contribution in [3.63, 3.8) is 0 Å². The number of halogens is 1. The summed E-state index contributed by atoms with van der Waals surface area (Å²) in [6.45, 7) is 6.27. The maximum Gasteiger partial charge on any atom is 0.257 e. The van der Waals surface area contributed by atoms with Gasteiger partial charge in [0.25, 0.3) is 5.91 Å². The van der Waals surface area contributed by atoms with Gasteiger partial charge in [0, 0.05) is 40.1 Å². The Morgan fingerprint density at radius 3 is 2.71 bits per heavy atom. The Bertz CT molecular complexity index is 700. The number of fused-ring (bicyclic) bond motifs is 1.